The van der Waals surface area contributed by atoms with Crippen molar-refractivity contribution in [3.63, 3.8) is 0 Å². The molecule has 0 spiro atoms. The number of benzene rings is 2. The molecule has 0 radical (unpaired) electrons. The van der Waals surface area contributed by atoms with Crippen molar-refractivity contribution in [2.75, 3.05) is 77.6 Å². The van der Waals surface area contributed by atoms with E-state index in [1.807, 2.05) is 35.2 Å². The highest BCUT2D eigenvalue weighted by Gasteiger charge is 2.25. The van der Waals surface area contributed by atoms with Crippen molar-refractivity contribution in [2.24, 2.45) is 0 Å². The lowest BCUT2D eigenvalue weighted by Crippen LogP contribution is -2.49. The Hall–Kier alpha value is -2.66. The van der Waals surface area contributed by atoms with Gasteiger partial charge < -0.3 is 19.3 Å². The normalized spacial score (nSPS) is 17.2. The number of amides is 1. The first kappa shape index (κ1) is 26.4. The molecule has 0 unspecified atom stereocenters. The summed E-state index contributed by atoms with van der Waals surface area (Å²) in [5, 5.41) is 0. The predicted molar refractivity (Wildman–Crippen MR) is 139 cm³/mol. The minimum absolute atomic E-state index is 0.102. The number of morpholine rings is 1. The number of hydrogen-bond acceptors (Lipinski definition) is 7. The second-order valence-electron chi connectivity index (χ2n) is 9.07. The molecule has 0 aliphatic carbocycles. The highest BCUT2D eigenvalue weighted by atomic mass is 32.2. The summed E-state index contributed by atoms with van der Waals surface area (Å²) in [5.74, 6) is 0.718. The molecule has 2 aromatic rings. The summed E-state index contributed by atoms with van der Waals surface area (Å²) in [4.78, 5) is 19.2. The Morgan fingerprint density at radius 2 is 1.72 bits per heavy atom. The van der Waals surface area contributed by atoms with Gasteiger partial charge in [0.15, 0.2) is 0 Å². The Bertz CT molecular complexity index is 1100. The van der Waals surface area contributed by atoms with Crippen LogP contribution < -0.4 is 14.4 Å². The number of nitrogens with one attached hydrogen (secondary N) is 1. The summed E-state index contributed by atoms with van der Waals surface area (Å²) >= 11 is 0. The highest BCUT2D eigenvalue weighted by Crippen LogP contribution is 2.31. The number of carbonyl (C=O) groups excluding carboxylic acids is 1. The zero-order chi connectivity index (χ0) is 25.4. The van der Waals surface area contributed by atoms with Crippen molar-refractivity contribution in [1.29, 1.82) is 0 Å². The van der Waals surface area contributed by atoms with Crippen LogP contribution in [0.2, 0.25) is 0 Å². The standard InChI is InChI=1S/C26H36N4O5S/c1-34-25-9-8-23(36(32,33)27-10-5-11-28-16-18-35-19-17-28)21-24(25)29-12-14-30(15-13-29)26(31)20-22-6-3-2-4-7-22/h2-4,6-9,21,27H,5,10-20H2,1H3. The van der Waals surface area contributed by atoms with Crippen LogP contribution in [0.5, 0.6) is 5.75 Å². The van der Waals surface area contributed by atoms with E-state index in [1.165, 1.54) is 0 Å². The molecule has 196 valence electrons. The van der Waals surface area contributed by atoms with Crippen LogP contribution in [-0.4, -0.2) is 96.8 Å². The van der Waals surface area contributed by atoms with Gasteiger partial charge in [-0.3, -0.25) is 9.69 Å². The van der Waals surface area contributed by atoms with Gasteiger partial charge in [0.1, 0.15) is 5.75 Å². The van der Waals surface area contributed by atoms with E-state index in [9.17, 15) is 13.2 Å². The summed E-state index contributed by atoms with van der Waals surface area (Å²) < 4.78 is 39.6. The van der Waals surface area contributed by atoms with Crippen LogP contribution in [0.4, 0.5) is 5.69 Å². The molecule has 9 nitrogen and oxygen atoms in total. The maximum absolute atomic E-state index is 13.0. The van der Waals surface area contributed by atoms with Crippen LogP contribution in [0.1, 0.15) is 12.0 Å². The molecule has 0 atom stereocenters. The summed E-state index contributed by atoms with van der Waals surface area (Å²) in [7, 11) is -2.07. The lowest BCUT2D eigenvalue weighted by atomic mass is 10.1. The van der Waals surface area contributed by atoms with Gasteiger partial charge in [0, 0.05) is 45.8 Å². The number of sulfonamides is 1. The number of anilines is 1. The Morgan fingerprint density at radius 1 is 1.00 bits per heavy atom. The lowest BCUT2D eigenvalue weighted by molar-refractivity contribution is -0.130. The third kappa shape index (κ3) is 6.97. The van der Waals surface area contributed by atoms with Gasteiger partial charge in [0.25, 0.3) is 0 Å². The second kappa shape index (κ2) is 12.5. The monoisotopic (exact) mass is 516 g/mol. The van der Waals surface area contributed by atoms with Gasteiger partial charge in [-0.1, -0.05) is 30.3 Å². The van der Waals surface area contributed by atoms with Gasteiger partial charge in [-0.2, -0.15) is 0 Å². The van der Waals surface area contributed by atoms with E-state index >= 15 is 0 Å². The van der Waals surface area contributed by atoms with Gasteiger partial charge in [0.05, 0.1) is 37.3 Å². The molecule has 2 aliphatic rings. The van der Waals surface area contributed by atoms with Gasteiger partial charge in [-0.25, -0.2) is 13.1 Å². The molecule has 0 saturated carbocycles. The van der Waals surface area contributed by atoms with Crippen molar-refractivity contribution in [3.05, 3.63) is 54.1 Å². The van der Waals surface area contributed by atoms with Crippen molar-refractivity contribution >= 4 is 21.6 Å². The number of ether oxygens (including phenoxy) is 2. The van der Waals surface area contributed by atoms with Crippen LogP contribution in [0.3, 0.4) is 0 Å². The Kier molecular flexibility index (Phi) is 9.19. The molecule has 2 aliphatic heterocycles. The highest BCUT2D eigenvalue weighted by molar-refractivity contribution is 7.89. The first-order valence-corrected chi connectivity index (χ1v) is 14.0. The van der Waals surface area contributed by atoms with E-state index in [1.54, 1.807) is 25.3 Å². The number of piperazine rings is 1. The minimum atomic E-state index is -3.65. The molecular weight excluding hydrogens is 480 g/mol. The molecular formula is C26H36N4O5S. The molecule has 2 heterocycles. The molecule has 36 heavy (non-hydrogen) atoms. The number of methoxy groups -OCH3 is 1. The van der Waals surface area contributed by atoms with E-state index in [0.29, 0.717) is 44.9 Å². The summed E-state index contributed by atoms with van der Waals surface area (Å²) in [6.45, 7) is 6.82. The molecule has 1 N–H and O–H groups in total. The van der Waals surface area contributed by atoms with Crippen LogP contribution in [0, 0.1) is 0 Å². The molecule has 2 saturated heterocycles. The fourth-order valence-electron chi connectivity index (χ4n) is 4.58. The average Bonchev–Trinajstić information content (AvgIpc) is 2.92. The number of rotatable bonds is 10. The van der Waals surface area contributed by atoms with Crippen molar-refractivity contribution in [3.8, 4) is 5.75 Å². The molecule has 4 rings (SSSR count). The van der Waals surface area contributed by atoms with Gasteiger partial charge in [0.2, 0.25) is 15.9 Å². The molecule has 10 heteroatoms. The number of nitrogens with zero attached hydrogens (tertiary/aromatic N) is 3. The summed E-state index contributed by atoms with van der Waals surface area (Å²) in [6.07, 6.45) is 1.12. The fourth-order valence-corrected chi connectivity index (χ4v) is 5.67. The SMILES string of the molecule is COc1ccc(S(=O)(=O)NCCCN2CCOCC2)cc1N1CCN(C(=O)Cc2ccccc2)CC1. The smallest absolute Gasteiger partial charge is 0.240 e. The Morgan fingerprint density at radius 3 is 2.42 bits per heavy atom. The van der Waals surface area contributed by atoms with Gasteiger partial charge in [-0.15, -0.1) is 0 Å². The fraction of sp³-hybridized carbons (Fsp3) is 0.500. The van der Waals surface area contributed by atoms with Crippen LogP contribution >= 0.6 is 0 Å². The van der Waals surface area contributed by atoms with E-state index < -0.39 is 10.0 Å². The molecule has 0 bridgehead atoms. The molecule has 2 fully saturated rings. The molecule has 2 aromatic carbocycles. The summed E-state index contributed by atoms with van der Waals surface area (Å²) in [6, 6.07) is 14.7. The third-order valence-corrected chi connectivity index (χ3v) is 8.14. The third-order valence-electron chi connectivity index (χ3n) is 6.68. The van der Waals surface area contributed by atoms with E-state index in [4.69, 9.17) is 9.47 Å². The van der Waals surface area contributed by atoms with Crippen molar-refractivity contribution < 1.29 is 22.7 Å². The van der Waals surface area contributed by atoms with Crippen molar-refractivity contribution in [1.82, 2.24) is 14.5 Å². The predicted octanol–water partition coefficient (Wildman–Crippen LogP) is 1.59. The van der Waals surface area contributed by atoms with E-state index in [2.05, 4.69) is 14.5 Å². The molecule has 0 aromatic heterocycles. The Balaban J connectivity index is 1.34. The zero-order valence-electron chi connectivity index (χ0n) is 20.9. The van der Waals surface area contributed by atoms with Crippen LogP contribution in [0.25, 0.3) is 0 Å². The minimum Gasteiger partial charge on any atom is -0.495 e. The number of carbonyl (C=O) groups is 1. The maximum Gasteiger partial charge on any atom is 0.240 e. The second-order valence-corrected chi connectivity index (χ2v) is 10.8. The largest absolute Gasteiger partial charge is 0.495 e. The topological polar surface area (TPSA) is 91.4 Å². The maximum atomic E-state index is 13.0. The molecule has 1 amide bonds. The Labute approximate surface area is 214 Å². The van der Waals surface area contributed by atoms with E-state index in [-0.39, 0.29) is 10.8 Å². The van der Waals surface area contributed by atoms with Gasteiger partial charge in [-0.05, 0) is 36.7 Å². The quantitative estimate of drug-likeness (QED) is 0.480. The van der Waals surface area contributed by atoms with Crippen molar-refractivity contribution in [2.45, 2.75) is 17.7 Å². The zero-order valence-corrected chi connectivity index (χ0v) is 21.7. The van der Waals surface area contributed by atoms with Crippen LogP contribution in [0.15, 0.2) is 53.4 Å². The summed E-state index contributed by atoms with van der Waals surface area (Å²) in [5.41, 5.74) is 1.73. The average molecular weight is 517 g/mol. The first-order chi connectivity index (χ1) is 17.5. The van der Waals surface area contributed by atoms with Gasteiger partial charge >= 0.3 is 0 Å². The van der Waals surface area contributed by atoms with E-state index in [0.717, 1.165) is 50.5 Å². The first-order valence-electron chi connectivity index (χ1n) is 12.5. The number of hydrogen-bond donors (Lipinski definition) is 1. The van der Waals surface area contributed by atoms with Crippen LogP contribution in [-0.2, 0) is 26.0 Å². The lowest BCUT2D eigenvalue weighted by Gasteiger charge is -2.37.